The van der Waals surface area contributed by atoms with Crippen LogP contribution in [0.3, 0.4) is 0 Å². The van der Waals surface area contributed by atoms with Crippen molar-refractivity contribution in [1.29, 1.82) is 0 Å². The van der Waals surface area contributed by atoms with E-state index in [4.69, 9.17) is 5.73 Å². The summed E-state index contributed by atoms with van der Waals surface area (Å²) in [6, 6.07) is 9.68. The Hall–Kier alpha value is -1.02. The third-order valence-electron chi connectivity index (χ3n) is 4.63. The van der Waals surface area contributed by atoms with Crippen LogP contribution in [0.25, 0.3) is 0 Å². The van der Waals surface area contributed by atoms with Crippen molar-refractivity contribution in [1.82, 2.24) is 4.90 Å². The van der Waals surface area contributed by atoms with Crippen molar-refractivity contribution in [3.05, 3.63) is 29.8 Å². The molecule has 2 unspecified atom stereocenters. The Morgan fingerprint density at radius 3 is 2.10 bits per heavy atom. The van der Waals surface area contributed by atoms with Gasteiger partial charge in [-0.1, -0.05) is 26.0 Å². The molecule has 0 aliphatic heterocycles. The molecular formula is C18H30N2. The summed E-state index contributed by atoms with van der Waals surface area (Å²) in [6.07, 6.45) is 4.08. The number of hydrogen-bond acceptors (Lipinski definition) is 2. The van der Waals surface area contributed by atoms with Crippen molar-refractivity contribution in [2.24, 2.45) is 11.8 Å². The first-order valence-corrected chi connectivity index (χ1v) is 8.06. The lowest BCUT2D eigenvalue weighted by molar-refractivity contribution is 0.0761. The fraction of sp³-hybridized carbons (Fsp3) is 0.667. The van der Waals surface area contributed by atoms with Crippen molar-refractivity contribution >= 4 is 5.69 Å². The normalized spacial score (nSPS) is 27.2. The van der Waals surface area contributed by atoms with E-state index in [0.29, 0.717) is 6.04 Å². The number of nitrogen functional groups attached to an aromatic ring is 1. The van der Waals surface area contributed by atoms with Gasteiger partial charge in [0.1, 0.15) is 0 Å². The molecule has 1 aromatic carbocycles. The van der Waals surface area contributed by atoms with Crippen LogP contribution in [0.4, 0.5) is 5.69 Å². The Balaban J connectivity index is 2.08. The van der Waals surface area contributed by atoms with Crippen molar-refractivity contribution in [2.75, 3.05) is 5.73 Å². The molecule has 0 heterocycles. The van der Waals surface area contributed by atoms with Gasteiger partial charge in [0.2, 0.25) is 0 Å². The van der Waals surface area contributed by atoms with Crippen molar-refractivity contribution in [3.8, 4) is 0 Å². The first-order valence-electron chi connectivity index (χ1n) is 8.06. The van der Waals surface area contributed by atoms with E-state index in [-0.39, 0.29) is 0 Å². The zero-order valence-electron chi connectivity index (χ0n) is 13.5. The molecule has 20 heavy (non-hydrogen) atoms. The molecular weight excluding hydrogens is 244 g/mol. The maximum Gasteiger partial charge on any atom is 0.0314 e. The van der Waals surface area contributed by atoms with Crippen LogP contribution in [-0.4, -0.2) is 17.0 Å². The van der Waals surface area contributed by atoms with E-state index in [1.54, 1.807) is 0 Å². The van der Waals surface area contributed by atoms with Crippen LogP contribution in [0, 0.1) is 11.8 Å². The van der Waals surface area contributed by atoms with Gasteiger partial charge in [-0.15, -0.1) is 0 Å². The molecule has 2 N–H and O–H groups in total. The zero-order chi connectivity index (χ0) is 14.7. The third kappa shape index (κ3) is 3.99. The average molecular weight is 274 g/mol. The van der Waals surface area contributed by atoms with E-state index in [1.165, 1.54) is 24.8 Å². The van der Waals surface area contributed by atoms with Crippen LogP contribution in [0.1, 0.15) is 52.5 Å². The van der Waals surface area contributed by atoms with E-state index in [1.807, 2.05) is 12.1 Å². The van der Waals surface area contributed by atoms with Gasteiger partial charge in [-0.05, 0) is 62.6 Å². The minimum atomic E-state index is 0.593. The molecule has 0 saturated heterocycles. The van der Waals surface area contributed by atoms with Gasteiger partial charge in [0.15, 0.2) is 0 Å². The van der Waals surface area contributed by atoms with Gasteiger partial charge < -0.3 is 5.73 Å². The molecule has 2 rings (SSSR count). The van der Waals surface area contributed by atoms with Crippen LogP contribution in [0.5, 0.6) is 0 Å². The lowest BCUT2D eigenvalue weighted by Crippen LogP contribution is -2.43. The fourth-order valence-electron chi connectivity index (χ4n) is 3.74. The van der Waals surface area contributed by atoms with Gasteiger partial charge in [0, 0.05) is 24.3 Å². The van der Waals surface area contributed by atoms with Gasteiger partial charge in [-0.2, -0.15) is 0 Å². The Morgan fingerprint density at radius 1 is 1.05 bits per heavy atom. The molecule has 1 fully saturated rings. The summed E-state index contributed by atoms with van der Waals surface area (Å²) in [4.78, 5) is 2.68. The molecule has 0 spiro atoms. The summed E-state index contributed by atoms with van der Waals surface area (Å²) in [7, 11) is 0. The molecule has 0 radical (unpaired) electrons. The molecule has 0 bridgehead atoms. The molecule has 0 amide bonds. The first-order chi connectivity index (χ1) is 9.45. The number of benzene rings is 1. The summed E-state index contributed by atoms with van der Waals surface area (Å²) in [5.74, 6) is 1.72. The topological polar surface area (TPSA) is 29.3 Å². The van der Waals surface area contributed by atoms with E-state index in [9.17, 15) is 0 Å². The van der Waals surface area contributed by atoms with Gasteiger partial charge in [-0.3, -0.25) is 4.90 Å². The summed E-state index contributed by atoms with van der Waals surface area (Å²) in [5, 5.41) is 0. The van der Waals surface area contributed by atoms with Gasteiger partial charge in [0.25, 0.3) is 0 Å². The van der Waals surface area contributed by atoms with Crippen LogP contribution in [0.2, 0.25) is 0 Å². The van der Waals surface area contributed by atoms with Gasteiger partial charge in [-0.25, -0.2) is 0 Å². The van der Waals surface area contributed by atoms with E-state index in [0.717, 1.165) is 30.1 Å². The molecule has 1 aliphatic carbocycles. The monoisotopic (exact) mass is 274 g/mol. The fourth-order valence-corrected chi connectivity index (χ4v) is 3.74. The third-order valence-corrected chi connectivity index (χ3v) is 4.63. The Morgan fingerprint density at radius 2 is 1.60 bits per heavy atom. The summed E-state index contributed by atoms with van der Waals surface area (Å²) >= 11 is 0. The minimum Gasteiger partial charge on any atom is -0.399 e. The van der Waals surface area contributed by atoms with E-state index in [2.05, 4.69) is 44.7 Å². The van der Waals surface area contributed by atoms with Crippen LogP contribution >= 0.6 is 0 Å². The highest BCUT2D eigenvalue weighted by Gasteiger charge is 2.29. The maximum absolute atomic E-state index is 5.78. The zero-order valence-corrected chi connectivity index (χ0v) is 13.5. The number of rotatable bonds is 4. The second kappa shape index (κ2) is 6.62. The molecule has 1 saturated carbocycles. The number of hydrogen-bond donors (Lipinski definition) is 1. The minimum absolute atomic E-state index is 0.593. The predicted octanol–water partition coefficient (Wildman–Crippen LogP) is 4.30. The lowest BCUT2D eigenvalue weighted by atomic mass is 9.79. The molecule has 2 nitrogen and oxygen atoms in total. The highest BCUT2D eigenvalue weighted by molar-refractivity contribution is 5.39. The van der Waals surface area contributed by atoms with Gasteiger partial charge in [0.05, 0.1) is 0 Å². The quantitative estimate of drug-likeness (QED) is 0.829. The summed E-state index contributed by atoms with van der Waals surface area (Å²) in [5.41, 5.74) is 8.01. The van der Waals surface area contributed by atoms with E-state index < -0.39 is 0 Å². The van der Waals surface area contributed by atoms with Crippen LogP contribution in [0.15, 0.2) is 24.3 Å². The molecule has 2 heteroatoms. The molecule has 1 aliphatic rings. The summed E-state index contributed by atoms with van der Waals surface area (Å²) in [6.45, 7) is 10.5. The van der Waals surface area contributed by atoms with Crippen molar-refractivity contribution in [2.45, 2.75) is 65.6 Å². The first kappa shape index (κ1) is 15.4. The Kier molecular flexibility index (Phi) is 5.09. The van der Waals surface area contributed by atoms with Crippen molar-refractivity contribution < 1.29 is 0 Å². The highest BCUT2D eigenvalue weighted by Crippen LogP contribution is 2.33. The Bertz CT molecular complexity index is 400. The lowest BCUT2D eigenvalue weighted by Gasteiger charge is -2.41. The summed E-state index contributed by atoms with van der Waals surface area (Å²) < 4.78 is 0. The molecule has 0 aromatic heterocycles. The number of nitrogens with two attached hydrogens (primary N) is 1. The predicted molar refractivity (Wildman–Crippen MR) is 87.5 cm³/mol. The largest absolute Gasteiger partial charge is 0.399 e. The number of anilines is 1. The smallest absolute Gasteiger partial charge is 0.0314 e. The SMILES string of the molecule is CC1CC(C)CC(N(Cc2ccc(N)cc2)C(C)C)C1. The van der Waals surface area contributed by atoms with Gasteiger partial charge >= 0.3 is 0 Å². The van der Waals surface area contributed by atoms with Crippen molar-refractivity contribution in [3.63, 3.8) is 0 Å². The van der Waals surface area contributed by atoms with Crippen LogP contribution < -0.4 is 5.73 Å². The second-order valence-corrected chi connectivity index (χ2v) is 7.08. The second-order valence-electron chi connectivity index (χ2n) is 7.08. The highest BCUT2D eigenvalue weighted by atomic mass is 15.2. The maximum atomic E-state index is 5.78. The Labute approximate surface area is 124 Å². The standard InChI is InChI=1S/C18H30N2/c1-13(2)20(12-16-5-7-17(19)8-6-16)18-10-14(3)9-15(4)11-18/h5-8,13-15,18H,9-12,19H2,1-4H3. The van der Waals surface area contributed by atoms with E-state index >= 15 is 0 Å². The average Bonchev–Trinajstić information content (AvgIpc) is 2.36. The van der Waals surface area contributed by atoms with Crippen LogP contribution in [-0.2, 0) is 6.54 Å². The number of nitrogens with zero attached hydrogens (tertiary/aromatic N) is 1. The molecule has 2 atom stereocenters. The molecule has 112 valence electrons. The molecule has 1 aromatic rings.